The zero-order chi connectivity index (χ0) is 7.82. The van der Waals surface area contributed by atoms with Gasteiger partial charge in [0.25, 0.3) is 0 Å². The summed E-state index contributed by atoms with van der Waals surface area (Å²) in [6.45, 7) is 1.54. The van der Waals surface area contributed by atoms with Gasteiger partial charge in [-0.1, -0.05) is 0 Å². The molecule has 0 saturated heterocycles. The molecule has 0 aromatic carbocycles. The van der Waals surface area contributed by atoms with Crippen LogP contribution < -0.4 is 0 Å². The predicted molar refractivity (Wildman–Crippen MR) is 39.4 cm³/mol. The molecule has 0 amide bonds. The van der Waals surface area contributed by atoms with Crippen LogP contribution in [0.3, 0.4) is 0 Å². The normalized spacial score (nSPS) is 8.30. The molecule has 56 valence electrons. The van der Waals surface area contributed by atoms with Crippen LogP contribution >= 0.6 is 0 Å². The first kappa shape index (κ1) is 9.61. The van der Waals surface area contributed by atoms with Gasteiger partial charge < -0.3 is 0 Å². The molecule has 0 aliphatic carbocycles. The molecular weight excluding hydrogens is 193 g/mol. The first-order valence-electron chi connectivity index (χ1n) is 2.83. The van der Waals surface area contributed by atoms with E-state index in [1.807, 2.05) is 19.0 Å². The van der Waals surface area contributed by atoms with Crippen molar-refractivity contribution >= 4 is 15.4 Å². The van der Waals surface area contributed by atoms with Gasteiger partial charge in [0.15, 0.2) is 0 Å². The molecule has 5 nitrogen and oxygen atoms in total. The third-order valence-electron chi connectivity index (χ3n) is 0.791. The quantitative estimate of drug-likeness (QED) is 0.288. The molecule has 0 unspecified atom stereocenters. The molecule has 0 bridgehead atoms. The topological polar surface area (TPSA) is 51.5 Å². The van der Waals surface area contributed by atoms with Gasteiger partial charge in [-0.15, -0.1) is 0 Å². The van der Waals surface area contributed by atoms with Crippen LogP contribution in [0.25, 0.3) is 9.36 Å². The molecule has 0 spiro atoms. The van der Waals surface area contributed by atoms with Gasteiger partial charge in [0.05, 0.1) is 0 Å². The summed E-state index contributed by atoms with van der Waals surface area (Å²) >= 11 is -0.842. The van der Waals surface area contributed by atoms with Gasteiger partial charge in [-0.2, -0.15) is 0 Å². The van der Waals surface area contributed by atoms with E-state index in [-0.39, 0.29) is 0 Å². The minimum atomic E-state index is -0.842. The summed E-state index contributed by atoms with van der Waals surface area (Å²) < 4.78 is 8.38. The van der Waals surface area contributed by atoms with Crippen molar-refractivity contribution in [1.29, 1.82) is 0 Å². The number of rotatable bonds is 3. The fourth-order valence-corrected chi connectivity index (χ4v) is 0.902. The maximum atomic E-state index is 7.87. The van der Waals surface area contributed by atoms with Crippen LogP contribution in [0.15, 0.2) is 5.22 Å². The molecule has 6 heteroatoms. The van der Waals surface area contributed by atoms with Crippen LogP contribution in [0.5, 0.6) is 0 Å². The van der Waals surface area contributed by atoms with Crippen molar-refractivity contribution < 1.29 is 3.76 Å². The minimum absolute atomic E-state index is 0.659. The van der Waals surface area contributed by atoms with Crippen molar-refractivity contribution in [1.82, 2.24) is 4.90 Å². The van der Waals surface area contributed by atoms with Crippen LogP contribution in [-0.2, 0) is 3.76 Å². The standard InChI is InChI=1S/C4H10GeN4O/c1-9(2)3-4-10-5-7-8-6/h3-4H2,1-2H3. The third kappa shape index (κ3) is 7.61. The van der Waals surface area contributed by atoms with Gasteiger partial charge in [-0.25, -0.2) is 0 Å². The van der Waals surface area contributed by atoms with Crippen LogP contribution in [0.4, 0.5) is 0 Å². The predicted octanol–water partition coefficient (Wildman–Crippen LogP) is 0.409. The summed E-state index contributed by atoms with van der Waals surface area (Å²) in [7, 11) is 3.94. The Morgan fingerprint density at radius 2 is 2.40 bits per heavy atom. The zero-order valence-electron chi connectivity index (χ0n) is 6.11. The Morgan fingerprint density at radius 1 is 1.70 bits per heavy atom. The molecular formula is C4H10GeN4O. The molecule has 0 heterocycles. The van der Waals surface area contributed by atoms with Gasteiger partial charge in [-0.3, -0.25) is 0 Å². The molecule has 0 atom stereocenters. The van der Waals surface area contributed by atoms with E-state index < -0.39 is 15.4 Å². The van der Waals surface area contributed by atoms with Crippen molar-refractivity contribution in [2.45, 2.75) is 0 Å². The van der Waals surface area contributed by atoms with Crippen molar-refractivity contribution in [2.24, 2.45) is 5.22 Å². The van der Waals surface area contributed by atoms with Gasteiger partial charge in [-0.05, 0) is 0 Å². The Hall–Kier alpha value is -0.387. The molecule has 0 fully saturated rings. The van der Waals surface area contributed by atoms with E-state index in [0.29, 0.717) is 6.61 Å². The second-order valence-electron chi connectivity index (χ2n) is 1.93. The van der Waals surface area contributed by atoms with E-state index in [1.54, 1.807) is 0 Å². The van der Waals surface area contributed by atoms with Crippen LogP contribution in [0, 0.1) is 0 Å². The molecule has 0 N–H and O–H groups in total. The summed E-state index contributed by atoms with van der Waals surface area (Å²) in [5, 5.41) is 2.59. The molecule has 0 aliphatic heterocycles. The van der Waals surface area contributed by atoms with Crippen LogP contribution in [-0.4, -0.2) is 47.5 Å². The fourth-order valence-electron chi connectivity index (χ4n) is 0.321. The third-order valence-corrected chi connectivity index (χ3v) is 1.85. The summed E-state index contributed by atoms with van der Waals surface area (Å²) in [6.07, 6.45) is 0. The fraction of sp³-hybridized carbons (Fsp3) is 1.00. The Balaban J connectivity index is 3.12. The van der Waals surface area contributed by atoms with E-state index >= 15 is 0 Å². The Labute approximate surface area is 66.5 Å². The molecule has 0 aromatic heterocycles. The van der Waals surface area contributed by atoms with Crippen molar-refractivity contribution in [3.63, 3.8) is 0 Å². The van der Waals surface area contributed by atoms with E-state index in [9.17, 15) is 0 Å². The number of hydrogen-bond acceptors (Lipinski definition) is 3. The van der Waals surface area contributed by atoms with E-state index in [2.05, 4.69) is 9.05 Å². The first-order valence-corrected chi connectivity index (χ1v) is 4.62. The molecule has 10 heavy (non-hydrogen) atoms. The summed E-state index contributed by atoms with van der Waals surface area (Å²) in [5.41, 5.74) is 7.87. The van der Waals surface area contributed by atoms with Crippen molar-refractivity contribution in [3.05, 3.63) is 9.36 Å². The second-order valence-corrected chi connectivity index (χ2v) is 3.34. The van der Waals surface area contributed by atoms with E-state index in [0.717, 1.165) is 6.54 Å². The van der Waals surface area contributed by atoms with Gasteiger partial charge in [0, 0.05) is 0 Å². The zero-order valence-corrected chi connectivity index (χ0v) is 8.21. The first-order chi connectivity index (χ1) is 4.77. The summed E-state index contributed by atoms with van der Waals surface area (Å²) in [4.78, 5) is 2.02. The van der Waals surface area contributed by atoms with Crippen LogP contribution in [0.1, 0.15) is 0 Å². The average molecular weight is 203 g/mol. The molecule has 0 rings (SSSR count). The number of likely N-dealkylation sites (N-methyl/N-ethyl adjacent to an activating group) is 1. The Morgan fingerprint density at radius 3 is 2.90 bits per heavy atom. The Bertz CT molecular complexity index is 149. The second kappa shape index (κ2) is 6.73. The van der Waals surface area contributed by atoms with Gasteiger partial charge in [0.1, 0.15) is 0 Å². The summed E-state index contributed by atoms with van der Waals surface area (Å²) in [5.74, 6) is 0. The maximum absolute atomic E-state index is 7.87. The molecule has 0 aromatic rings. The van der Waals surface area contributed by atoms with Crippen LogP contribution in [0.2, 0.25) is 0 Å². The number of hydrogen-bond donors (Lipinski definition) is 0. The molecule has 0 aliphatic rings. The van der Waals surface area contributed by atoms with E-state index in [4.69, 9.17) is 9.29 Å². The summed E-state index contributed by atoms with van der Waals surface area (Å²) in [6, 6.07) is 0. The average Bonchev–Trinajstić information content (AvgIpc) is 1.87. The number of nitrogens with zero attached hydrogens (tertiary/aromatic N) is 4. The van der Waals surface area contributed by atoms with Gasteiger partial charge >= 0.3 is 65.9 Å². The van der Waals surface area contributed by atoms with Crippen molar-refractivity contribution in [3.8, 4) is 0 Å². The molecule has 0 radical (unpaired) electrons. The SMILES string of the molecule is CN(C)CC[O][Ge]#[N+]N=[N-]. The molecule has 0 saturated carbocycles. The monoisotopic (exact) mass is 204 g/mol. The van der Waals surface area contributed by atoms with Crippen molar-refractivity contribution in [2.75, 3.05) is 27.2 Å². The Kier molecular flexibility index (Phi) is 6.47. The van der Waals surface area contributed by atoms with E-state index in [1.165, 1.54) is 0 Å². The van der Waals surface area contributed by atoms with Gasteiger partial charge in [0.2, 0.25) is 0 Å².